The fourth-order valence-electron chi connectivity index (χ4n) is 3.89. The summed E-state index contributed by atoms with van der Waals surface area (Å²) in [6.07, 6.45) is 2.37. The molecule has 0 bridgehead atoms. The lowest BCUT2D eigenvalue weighted by molar-refractivity contribution is -0.121. The number of ether oxygens (including phenoxy) is 4. The molecule has 0 spiro atoms. The Morgan fingerprint density at radius 3 is 1.82 bits per heavy atom. The first-order valence-corrected chi connectivity index (χ1v) is 14.8. The van der Waals surface area contributed by atoms with Crippen LogP contribution in [-0.4, -0.2) is 77.4 Å². The molecule has 0 saturated heterocycles. The Morgan fingerprint density at radius 1 is 0.818 bits per heavy atom. The number of carbonyl (C=O) groups is 2. The van der Waals surface area contributed by atoms with Crippen LogP contribution in [0.5, 0.6) is 23.0 Å². The zero-order valence-electron chi connectivity index (χ0n) is 25.8. The van der Waals surface area contributed by atoms with Crippen LogP contribution in [0.3, 0.4) is 0 Å². The van der Waals surface area contributed by atoms with Crippen LogP contribution in [0.25, 0.3) is 0 Å². The van der Waals surface area contributed by atoms with Crippen LogP contribution in [0.4, 0.5) is 5.82 Å². The summed E-state index contributed by atoms with van der Waals surface area (Å²) in [5.41, 5.74) is 2.00. The lowest BCUT2D eigenvalue weighted by Gasteiger charge is -2.25. The van der Waals surface area contributed by atoms with Gasteiger partial charge in [0.1, 0.15) is 28.8 Å². The number of hydrogen-bond acceptors (Lipinski definition) is 10. The molecule has 0 aliphatic heterocycles. The van der Waals surface area contributed by atoms with E-state index in [1.165, 1.54) is 0 Å². The molecule has 44 heavy (non-hydrogen) atoms. The van der Waals surface area contributed by atoms with Gasteiger partial charge >= 0.3 is 0 Å². The fourth-order valence-corrected chi connectivity index (χ4v) is 4.46. The number of aromatic nitrogens is 2. The molecular weight excluding hydrogens is 656 g/mol. The Balaban J connectivity index is 0.000000329. The number of anilines is 1. The van der Waals surface area contributed by atoms with Crippen molar-refractivity contribution in [3.05, 3.63) is 63.5 Å². The van der Waals surface area contributed by atoms with Crippen molar-refractivity contribution in [3.8, 4) is 23.0 Å². The summed E-state index contributed by atoms with van der Waals surface area (Å²) in [5.74, 6) is 3.47. The van der Waals surface area contributed by atoms with Gasteiger partial charge < -0.3 is 39.8 Å². The number of benzene rings is 2. The molecule has 1 heterocycles. The third kappa shape index (κ3) is 12.4. The fraction of sp³-hybridized carbons (Fsp3) is 0.400. The van der Waals surface area contributed by atoms with Crippen molar-refractivity contribution in [2.75, 3.05) is 60.5 Å². The van der Waals surface area contributed by atoms with E-state index in [0.29, 0.717) is 60.8 Å². The van der Waals surface area contributed by atoms with Crippen LogP contribution in [0.2, 0.25) is 5.28 Å². The number of carbonyl (C=O) groups excluding carboxylic acids is 2. The van der Waals surface area contributed by atoms with E-state index >= 15 is 0 Å². The van der Waals surface area contributed by atoms with Crippen molar-refractivity contribution < 1.29 is 28.5 Å². The van der Waals surface area contributed by atoms with E-state index in [9.17, 15) is 9.59 Å². The molecule has 0 aliphatic carbocycles. The van der Waals surface area contributed by atoms with E-state index in [1.807, 2.05) is 35.2 Å². The average molecular weight is 696 g/mol. The smallest absolute Gasteiger partial charge is 0.224 e. The molecule has 0 saturated carbocycles. The Bertz CT molecular complexity index is 1320. The first-order chi connectivity index (χ1) is 21.1. The number of amides is 2. The molecule has 0 radical (unpaired) electrons. The highest BCUT2D eigenvalue weighted by atomic mass is 79.9. The summed E-state index contributed by atoms with van der Waals surface area (Å²) in [5, 5.41) is 8.54. The summed E-state index contributed by atoms with van der Waals surface area (Å²) >= 11 is 9.41. The predicted molar refractivity (Wildman–Crippen MR) is 174 cm³/mol. The highest BCUT2D eigenvalue weighted by Crippen LogP contribution is 2.29. The molecule has 12 nitrogen and oxygen atoms in total. The van der Waals surface area contributed by atoms with Gasteiger partial charge in [-0.2, -0.15) is 4.98 Å². The van der Waals surface area contributed by atoms with Crippen LogP contribution in [-0.2, 0) is 22.7 Å². The lowest BCUT2D eigenvalue weighted by Crippen LogP contribution is -2.30. The van der Waals surface area contributed by atoms with Crippen molar-refractivity contribution >= 4 is 45.2 Å². The molecule has 0 fully saturated rings. The summed E-state index contributed by atoms with van der Waals surface area (Å²) in [6, 6.07) is 11.3. The van der Waals surface area contributed by atoms with Crippen molar-refractivity contribution in [2.24, 2.45) is 0 Å². The first-order valence-electron chi connectivity index (χ1n) is 13.6. The van der Waals surface area contributed by atoms with E-state index in [-0.39, 0.29) is 17.1 Å². The minimum Gasteiger partial charge on any atom is -0.497 e. The minimum atomic E-state index is -0.0606. The second-order valence-electron chi connectivity index (χ2n) is 9.20. The van der Waals surface area contributed by atoms with E-state index in [1.54, 1.807) is 54.8 Å². The second kappa shape index (κ2) is 19.5. The summed E-state index contributed by atoms with van der Waals surface area (Å²) in [6.45, 7) is 2.24. The molecule has 0 aliphatic rings. The molecular formula is C30H40BrClN6O6. The van der Waals surface area contributed by atoms with Crippen LogP contribution in [0.15, 0.2) is 47.1 Å². The van der Waals surface area contributed by atoms with Crippen molar-refractivity contribution in [1.82, 2.24) is 25.9 Å². The molecule has 2 amide bonds. The SMILES string of the molecule is CNC(=O)CCN(Cc1cc(OC)cc(OC)c1)c1nc(Cl)ncc1Br.CNC(=O)CCNCc1cc(OC)cc(OC)c1. The summed E-state index contributed by atoms with van der Waals surface area (Å²) in [7, 11) is 9.69. The summed E-state index contributed by atoms with van der Waals surface area (Å²) < 4.78 is 21.7. The van der Waals surface area contributed by atoms with Gasteiger partial charge in [0.25, 0.3) is 0 Å². The third-order valence-electron chi connectivity index (χ3n) is 6.22. The van der Waals surface area contributed by atoms with Gasteiger partial charge in [-0.1, -0.05) is 0 Å². The molecule has 3 rings (SSSR count). The number of halogens is 2. The maximum absolute atomic E-state index is 11.7. The van der Waals surface area contributed by atoms with Gasteiger partial charge in [-0.05, 0) is 62.9 Å². The number of methoxy groups -OCH3 is 4. The molecule has 3 aromatic rings. The highest BCUT2D eigenvalue weighted by molar-refractivity contribution is 9.10. The van der Waals surface area contributed by atoms with E-state index in [2.05, 4.69) is 41.8 Å². The normalized spacial score (nSPS) is 10.2. The number of nitrogens with one attached hydrogen (secondary N) is 3. The number of hydrogen-bond donors (Lipinski definition) is 3. The molecule has 240 valence electrons. The zero-order chi connectivity index (χ0) is 32.5. The van der Waals surface area contributed by atoms with Crippen molar-refractivity contribution in [1.29, 1.82) is 0 Å². The van der Waals surface area contributed by atoms with Gasteiger partial charge in [-0.15, -0.1) is 0 Å². The van der Waals surface area contributed by atoms with Crippen molar-refractivity contribution in [3.63, 3.8) is 0 Å². The largest absolute Gasteiger partial charge is 0.497 e. The molecule has 14 heteroatoms. The summed E-state index contributed by atoms with van der Waals surface area (Å²) in [4.78, 5) is 32.9. The Kier molecular flexibility index (Phi) is 16.1. The van der Waals surface area contributed by atoms with Gasteiger partial charge in [0.2, 0.25) is 17.1 Å². The van der Waals surface area contributed by atoms with Gasteiger partial charge in [-0.25, -0.2) is 4.98 Å². The molecule has 0 atom stereocenters. The van der Waals surface area contributed by atoms with E-state index < -0.39 is 0 Å². The molecule has 1 aromatic heterocycles. The lowest BCUT2D eigenvalue weighted by atomic mass is 10.1. The molecule has 0 unspecified atom stereocenters. The van der Waals surface area contributed by atoms with E-state index in [4.69, 9.17) is 30.5 Å². The topological polar surface area (TPSA) is 136 Å². The Morgan fingerprint density at radius 2 is 1.32 bits per heavy atom. The van der Waals surface area contributed by atoms with Gasteiger partial charge in [-0.3, -0.25) is 9.59 Å². The number of nitrogens with zero attached hydrogens (tertiary/aromatic N) is 3. The molecule has 3 N–H and O–H groups in total. The maximum Gasteiger partial charge on any atom is 0.224 e. The van der Waals surface area contributed by atoms with Gasteiger partial charge in [0.15, 0.2) is 0 Å². The van der Waals surface area contributed by atoms with Crippen LogP contribution in [0, 0.1) is 0 Å². The standard InChI is InChI=1S/C17H20BrClN4O3.C13H20N2O3/c1-20-15(24)4-5-23(16-14(18)9-21-17(19)22-16)10-11-6-12(25-2)8-13(7-11)26-3;1-14-13(16)4-5-15-9-10-6-11(17-2)8-12(7-10)18-3/h6-9H,4-5,10H2,1-3H3,(H,20,24);6-8,15H,4-5,9H2,1-3H3,(H,14,16). The predicted octanol–water partition coefficient (Wildman–Crippen LogP) is 3.98. The third-order valence-corrected chi connectivity index (χ3v) is 6.96. The monoisotopic (exact) mass is 694 g/mol. The second-order valence-corrected chi connectivity index (χ2v) is 10.4. The maximum atomic E-state index is 11.7. The van der Waals surface area contributed by atoms with Crippen LogP contribution < -0.4 is 39.8 Å². The minimum absolute atomic E-state index is 0.0331. The van der Waals surface area contributed by atoms with E-state index in [0.717, 1.165) is 22.6 Å². The van der Waals surface area contributed by atoms with Crippen LogP contribution in [0.1, 0.15) is 24.0 Å². The van der Waals surface area contributed by atoms with Gasteiger partial charge in [0.05, 0.1) is 32.9 Å². The first kappa shape index (κ1) is 36.4. The number of rotatable bonds is 15. The molecule has 2 aromatic carbocycles. The van der Waals surface area contributed by atoms with Crippen LogP contribution >= 0.6 is 27.5 Å². The Labute approximate surface area is 271 Å². The highest BCUT2D eigenvalue weighted by Gasteiger charge is 2.16. The van der Waals surface area contributed by atoms with Crippen molar-refractivity contribution in [2.45, 2.75) is 25.9 Å². The quantitative estimate of drug-likeness (QED) is 0.158. The van der Waals surface area contributed by atoms with Gasteiger partial charge in [0, 0.05) is 71.4 Å². The Hall–Kier alpha value is -3.81. The zero-order valence-corrected chi connectivity index (χ0v) is 28.2. The average Bonchev–Trinajstić information content (AvgIpc) is 3.05.